The molecule has 7 heteroatoms. The number of benzene rings is 2. The van der Waals surface area contributed by atoms with E-state index in [9.17, 15) is 13.2 Å². The van der Waals surface area contributed by atoms with Crippen LogP contribution in [0.1, 0.15) is 22.8 Å². The van der Waals surface area contributed by atoms with Gasteiger partial charge in [0.2, 0.25) is 0 Å². The molecule has 0 bridgehead atoms. The minimum atomic E-state index is -3.86. The Kier molecular flexibility index (Phi) is 5.58. The molecule has 0 unspecified atom stereocenters. The smallest absolute Gasteiger partial charge is 0.264 e. The average molecular weight is 401 g/mol. The van der Waals surface area contributed by atoms with E-state index in [1.54, 1.807) is 42.7 Å². The van der Waals surface area contributed by atoms with E-state index in [0.717, 1.165) is 5.56 Å². The summed E-state index contributed by atoms with van der Waals surface area (Å²) in [5.74, 6) is -0.121. The van der Waals surface area contributed by atoms with Crippen LogP contribution in [0.2, 0.25) is 5.02 Å². The number of carbonyl (C=O) groups excluding carboxylic acids is 1. The van der Waals surface area contributed by atoms with E-state index < -0.39 is 10.0 Å². The van der Waals surface area contributed by atoms with Gasteiger partial charge >= 0.3 is 0 Å². The Hall–Kier alpha value is -2.70. The van der Waals surface area contributed by atoms with E-state index >= 15 is 0 Å². The number of pyridine rings is 1. The summed E-state index contributed by atoms with van der Waals surface area (Å²) in [7, 11) is -3.86. The number of aromatic nitrogens is 1. The SMILES string of the molecule is CC(=O)c1ccc(S(=O)(=O)N(Cc2cccnc2)c2ccc(Cl)cc2)cc1. The number of anilines is 1. The first-order chi connectivity index (χ1) is 12.9. The molecule has 1 aromatic heterocycles. The molecule has 0 aliphatic heterocycles. The van der Waals surface area contributed by atoms with Crippen molar-refractivity contribution in [3.05, 3.63) is 89.2 Å². The van der Waals surface area contributed by atoms with Crippen LogP contribution in [0.5, 0.6) is 0 Å². The van der Waals surface area contributed by atoms with Gasteiger partial charge in [-0.25, -0.2) is 8.42 Å². The van der Waals surface area contributed by atoms with Crippen LogP contribution in [0.4, 0.5) is 5.69 Å². The lowest BCUT2D eigenvalue weighted by Gasteiger charge is -2.24. The molecule has 0 atom stereocenters. The highest BCUT2D eigenvalue weighted by atomic mass is 35.5. The van der Waals surface area contributed by atoms with Crippen molar-refractivity contribution in [1.29, 1.82) is 0 Å². The number of carbonyl (C=O) groups is 1. The minimum absolute atomic E-state index is 0.103. The van der Waals surface area contributed by atoms with Crippen LogP contribution >= 0.6 is 11.6 Å². The molecule has 138 valence electrons. The van der Waals surface area contributed by atoms with Gasteiger partial charge in [-0.15, -0.1) is 0 Å². The maximum absolute atomic E-state index is 13.3. The van der Waals surface area contributed by atoms with E-state index in [-0.39, 0.29) is 17.2 Å². The fraction of sp³-hybridized carbons (Fsp3) is 0.100. The Morgan fingerprint density at radius 2 is 1.70 bits per heavy atom. The zero-order valence-corrected chi connectivity index (χ0v) is 16.1. The lowest BCUT2D eigenvalue weighted by molar-refractivity contribution is 0.101. The highest BCUT2D eigenvalue weighted by molar-refractivity contribution is 7.92. The molecule has 0 aliphatic rings. The van der Waals surface area contributed by atoms with Gasteiger partial charge in [0.25, 0.3) is 10.0 Å². The number of rotatable bonds is 6. The molecule has 0 saturated heterocycles. The summed E-state index contributed by atoms with van der Waals surface area (Å²) in [5, 5.41) is 0.517. The number of hydrogen-bond donors (Lipinski definition) is 0. The third kappa shape index (κ3) is 4.35. The Balaban J connectivity index is 2.04. The zero-order valence-electron chi connectivity index (χ0n) is 14.5. The Labute approximate surface area is 163 Å². The van der Waals surface area contributed by atoms with Crippen LogP contribution in [0, 0.1) is 0 Å². The lowest BCUT2D eigenvalue weighted by Crippen LogP contribution is -2.30. The Bertz CT molecular complexity index is 1030. The predicted molar refractivity (Wildman–Crippen MR) is 106 cm³/mol. The summed E-state index contributed by atoms with van der Waals surface area (Å²) in [6.07, 6.45) is 3.25. The van der Waals surface area contributed by atoms with Crippen molar-refractivity contribution >= 4 is 33.1 Å². The van der Waals surface area contributed by atoms with Crippen LogP contribution in [-0.2, 0) is 16.6 Å². The Morgan fingerprint density at radius 1 is 1.04 bits per heavy atom. The van der Waals surface area contributed by atoms with Crippen molar-refractivity contribution in [1.82, 2.24) is 4.98 Å². The quantitative estimate of drug-likeness (QED) is 0.577. The van der Waals surface area contributed by atoms with Gasteiger partial charge in [-0.05, 0) is 55.0 Å². The summed E-state index contributed by atoms with van der Waals surface area (Å²) in [4.78, 5) is 15.6. The molecule has 0 amide bonds. The number of Topliss-reactive ketones (excluding diaryl/α,β-unsaturated/α-hetero) is 1. The monoisotopic (exact) mass is 400 g/mol. The van der Waals surface area contributed by atoms with Gasteiger partial charge in [0, 0.05) is 23.0 Å². The fourth-order valence-electron chi connectivity index (χ4n) is 2.57. The number of halogens is 1. The van der Waals surface area contributed by atoms with Crippen LogP contribution in [0.3, 0.4) is 0 Å². The van der Waals surface area contributed by atoms with Crippen molar-refractivity contribution in [2.24, 2.45) is 0 Å². The van der Waals surface area contributed by atoms with E-state index in [2.05, 4.69) is 4.98 Å². The van der Waals surface area contributed by atoms with Crippen molar-refractivity contribution in [2.75, 3.05) is 4.31 Å². The van der Waals surface area contributed by atoms with Gasteiger partial charge in [0.1, 0.15) is 0 Å². The second-order valence-electron chi connectivity index (χ2n) is 5.93. The molecule has 1 heterocycles. The van der Waals surface area contributed by atoms with Crippen LogP contribution in [0.25, 0.3) is 0 Å². The number of nitrogens with zero attached hydrogens (tertiary/aromatic N) is 2. The van der Waals surface area contributed by atoms with Crippen LogP contribution in [-0.4, -0.2) is 19.2 Å². The lowest BCUT2D eigenvalue weighted by atomic mass is 10.2. The van der Waals surface area contributed by atoms with E-state index in [1.807, 2.05) is 6.07 Å². The molecule has 27 heavy (non-hydrogen) atoms. The average Bonchev–Trinajstić information content (AvgIpc) is 2.68. The number of sulfonamides is 1. The summed E-state index contributed by atoms with van der Waals surface area (Å²) in [5.41, 5.74) is 1.69. The maximum atomic E-state index is 13.3. The largest absolute Gasteiger partial charge is 0.295 e. The van der Waals surface area contributed by atoms with Gasteiger partial charge in [-0.3, -0.25) is 14.1 Å². The second kappa shape index (κ2) is 7.90. The fourth-order valence-corrected chi connectivity index (χ4v) is 4.15. The summed E-state index contributed by atoms with van der Waals surface area (Å²) < 4.78 is 27.9. The van der Waals surface area contributed by atoms with Crippen molar-refractivity contribution in [2.45, 2.75) is 18.4 Å². The number of ketones is 1. The molecule has 0 aliphatic carbocycles. The standard InChI is InChI=1S/C20H17ClN2O3S/c1-15(24)17-4-10-20(11-5-17)27(25,26)23(14-16-3-2-12-22-13-16)19-8-6-18(21)7-9-19/h2-13H,14H2,1H3. The first-order valence-electron chi connectivity index (χ1n) is 8.16. The topological polar surface area (TPSA) is 67.3 Å². The van der Waals surface area contributed by atoms with Gasteiger partial charge in [-0.1, -0.05) is 29.8 Å². The van der Waals surface area contributed by atoms with Gasteiger partial charge in [0.05, 0.1) is 17.1 Å². The summed E-state index contributed by atoms with van der Waals surface area (Å²) in [6.45, 7) is 1.55. The molecule has 2 aromatic carbocycles. The minimum Gasteiger partial charge on any atom is -0.295 e. The predicted octanol–water partition coefficient (Wildman–Crippen LogP) is 4.33. The van der Waals surface area contributed by atoms with Crippen LogP contribution in [0.15, 0.2) is 78.0 Å². The molecular weight excluding hydrogens is 384 g/mol. The first-order valence-corrected chi connectivity index (χ1v) is 9.98. The zero-order chi connectivity index (χ0) is 19.4. The van der Waals surface area contributed by atoms with Crippen LogP contribution < -0.4 is 4.31 Å². The highest BCUT2D eigenvalue weighted by Gasteiger charge is 2.25. The molecule has 3 aromatic rings. The normalized spacial score (nSPS) is 11.2. The molecule has 5 nitrogen and oxygen atoms in total. The van der Waals surface area contributed by atoms with Gasteiger partial charge in [-0.2, -0.15) is 0 Å². The third-order valence-electron chi connectivity index (χ3n) is 4.01. The first kappa shape index (κ1) is 19.1. The molecule has 0 fully saturated rings. The Morgan fingerprint density at radius 3 is 2.26 bits per heavy atom. The number of hydrogen-bond acceptors (Lipinski definition) is 4. The molecule has 0 spiro atoms. The third-order valence-corrected chi connectivity index (χ3v) is 6.05. The summed E-state index contributed by atoms with van der Waals surface area (Å²) in [6, 6.07) is 16.1. The molecule has 0 saturated carbocycles. The second-order valence-corrected chi connectivity index (χ2v) is 8.23. The molecule has 3 rings (SSSR count). The molecule has 0 N–H and O–H groups in total. The van der Waals surface area contributed by atoms with Crippen molar-refractivity contribution in [3.63, 3.8) is 0 Å². The molecule has 0 radical (unpaired) electrons. The van der Waals surface area contributed by atoms with Gasteiger partial charge < -0.3 is 0 Å². The van der Waals surface area contributed by atoms with Crippen molar-refractivity contribution in [3.8, 4) is 0 Å². The maximum Gasteiger partial charge on any atom is 0.264 e. The van der Waals surface area contributed by atoms with Crippen molar-refractivity contribution < 1.29 is 13.2 Å². The van der Waals surface area contributed by atoms with E-state index in [1.165, 1.54) is 35.5 Å². The molecular formula is C20H17ClN2O3S. The van der Waals surface area contributed by atoms with E-state index in [0.29, 0.717) is 16.3 Å². The van der Waals surface area contributed by atoms with Gasteiger partial charge in [0.15, 0.2) is 5.78 Å². The highest BCUT2D eigenvalue weighted by Crippen LogP contribution is 2.27. The summed E-state index contributed by atoms with van der Waals surface area (Å²) >= 11 is 5.94. The van der Waals surface area contributed by atoms with E-state index in [4.69, 9.17) is 11.6 Å².